The summed E-state index contributed by atoms with van der Waals surface area (Å²) >= 11 is 0. The van der Waals surface area contributed by atoms with E-state index in [1.165, 1.54) is 23.1 Å². The fourth-order valence-corrected chi connectivity index (χ4v) is 9.24. The minimum absolute atomic E-state index is 0.0191. The zero-order valence-electron chi connectivity index (χ0n) is 40.6. The molecule has 32 nitrogen and oxygen atoms in total. The van der Waals surface area contributed by atoms with Crippen molar-refractivity contribution in [1.29, 1.82) is 0 Å². The SMILES string of the molecule is NCCCC(NC(=O)C(CC(=O)O)NC(=O)C1CCNC2=C(NC(=O)CCC(N)=O)C=C3C=C(O)C(O)C=C3N21)C(=O)NC(C1NCCC(C(=O)N2CC(=O)NC(C(=O)NC3CCCN(O)C3=O)C2O)N1)C(O)C(=O)O. The number of allylic oxidation sites excluding steroid dienone is 2. The van der Waals surface area contributed by atoms with Gasteiger partial charge in [-0.05, 0) is 69.8 Å². The number of hydroxylamine groups is 2. The Morgan fingerprint density at radius 1 is 0.895 bits per heavy atom. The van der Waals surface area contributed by atoms with Gasteiger partial charge in [-0.25, -0.2) is 9.86 Å². The van der Waals surface area contributed by atoms with Crippen molar-refractivity contribution in [1.82, 2.24) is 62.7 Å². The summed E-state index contributed by atoms with van der Waals surface area (Å²) in [5.74, 6) is -12.2. The average molecular weight is 1080 g/mol. The molecule has 5 aliphatic heterocycles. The van der Waals surface area contributed by atoms with E-state index in [0.717, 1.165) is 0 Å². The fraction of sp³-hybridized carbons (Fsp3) is 0.568. The summed E-state index contributed by atoms with van der Waals surface area (Å²) < 4.78 is 0. The van der Waals surface area contributed by atoms with Crippen LogP contribution >= 0.6 is 0 Å². The van der Waals surface area contributed by atoms with Gasteiger partial charge in [-0.1, -0.05) is 0 Å². The van der Waals surface area contributed by atoms with Crippen molar-refractivity contribution in [3.05, 3.63) is 46.8 Å². The first kappa shape index (κ1) is 57.5. The molecular formula is C44H62N14O18. The van der Waals surface area contributed by atoms with E-state index in [4.69, 9.17) is 11.5 Å². The van der Waals surface area contributed by atoms with E-state index in [-0.39, 0.29) is 93.9 Å². The maximum Gasteiger partial charge on any atom is 0.334 e. The molecule has 4 saturated heterocycles. The number of carboxylic acid groups (broad SMARTS) is 2. The van der Waals surface area contributed by atoms with Crippen molar-refractivity contribution in [2.75, 3.05) is 32.7 Å². The van der Waals surface area contributed by atoms with E-state index < -0.39 is 151 Å². The summed E-state index contributed by atoms with van der Waals surface area (Å²) in [5, 5.41) is 96.2. The number of primary amides is 1. The van der Waals surface area contributed by atoms with Gasteiger partial charge in [0.15, 0.2) is 18.4 Å². The van der Waals surface area contributed by atoms with Crippen molar-refractivity contribution in [2.24, 2.45) is 11.5 Å². The van der Waals surface area contributed by atoms with Crippen LogP contribution in [0.1, 0.15) is 57.8 Å². The summed E-state index contributed by atoms with van der Waals surface area (Å²) in [7, 11) is 0. The second-order valence-corrected chi connectivity index (χ2v) is 18.5. The molecule has 0 saturated carbocycles. The number of aliphatic hydroxyl groups is 4. The first-order chi connectivity index (χ1) is 36.0. The van der Waals surface area contributed by atoms with Crippen molar-refractivity contribution < 1.29 is 88.6 Å². The van der Waals surface area contributed by atoms with E-state index in [2.05, 4.69) is 47.9 Å². The number of nitrogens with one attached hydrogen (secondary N) is 9. The molecule has 6 rings (SSSR count). The Bertz CT molecular complexity index is 2480. The minimum atomic E-state index is -2.43. The molecule has 0 aromatic rings. The van der Waals surface area contributed by atoms with Crippen molar-refractivity contribution in [3.63, 3.8) is 0 Å². The molecule has 11 unspecified atom stereocenters. The number of nitrogens with zero attached hydrogens (tertiary/aromatic N) is 3. The maximum atomic E-state index is 14.3. The highest BCUT2D eigenvalue weighted by Crippen LogP contribution is 2.37. The van der Waals surface area contributed by atoms with Crippen LogP contribution in [-0.2, 0) is 52.7 Å². The lowest BCUT2D eigenvalue weighted by atomic mass is 9.93. The Labute approximate surface area is 431 Å². The van der Waals surface area contributed by atoms with Crippen molar-refractivity contribution in [3.8, 4) is 0 Å². The van der Waals surface area contributed by atoms with Gasteiger partial charge in [-0.15, -0.1) is 0 Å². The number of hydrogen-bond donors (Lipinski definition) is 18. The Morgan fingerprint density at radius 3 is 2.30 bits per heavy atom. The first-order valence-corrected chi connectivity index (χ1v) is 24.2. The van der Waals surface area contributed by atoms with Crippen molar-refractivity contribution in [2.45, 2.75) is 125 Å². The number of rotatable bonds is 21. The van der Waals surface area contributed by atoms with E-state index in [0.29, 0.717) is 16.4 Å². The molecule has 0 aromatic heterocycles. The molecule has 76 heavy (non-hydrogen) atoms. The molecule has 6 aliphatic rings. The van der Waals surface area contributed by atoms with Crippen LogP contribution in [0.15, 0.2) is 46.8 Å². The highest BCUT2D eigenvalue weighted by Gasteiger charge is 2.47. The first-order valence-electron chi connectivity index (χ1n) is 24.2. The molecule has 5 heterocycles. The second kappa shape index (κ2) is 25.2. The monoisotopic (exact) mass is 1070 g/mol. The van der Waals surface area contributed by atoms with Crippen LogP contribution < -0.4 is 59.3 Å². The van der Waals surface area contributed by atoms with Crippen LogP contribution in [0.25, 0.3) is 0 Å². The largest absolute Gasteiger partial charge is 0.509 e. The van der Waals surface area contributed by atoms with Gasteiger partial charge in [0.05, 0.1) is 30.4 Å². The number of piperazine rings is 1. The Kier molecular flexibility index (Phi) is 19.1. The number of carbonyl (C=O) groups excluding carboxylic acids is 9. The maximum absolute atomic E-state index is 14.3. The lowest BCUT2D eigenvalue weighted by molar-refractivity contribution is -0.174. The number of amides is 9. The third-order valence-electron chi connectivity index (χ3n) is 13.1. The van der Waals surface area contributed by atoms with Crippen LogP contribution in [0.4, 0.5) is 0 Å². The molecule has 0 aromatic carbocycles. The molecule has 0 spiro atoms. The van der Waals surface area contributed by atoms with E-state index in [9.17, 15) is 88.6 Å². The highest BCUT2D eigenvalue weighted by atomic mass is 16.5. The highest BCUT2D eigenvalue weighted by molar-refractivity contribution is 5.97. The smallest absolute Gasteiger partial charge is 0.334 e. The molecule has 11 atom stereocenters. The molecule has 416 valence electrons. The van der Waals surface area contributed by atoms with Crippen LogP contribution in [0.3, 0.4) is 0 Å². The molecule has 4 fully saturated rings. The molecule has 1 aliphatic carbocycles. The van der Waals surface area contributed by atoms with Crippen LogP contribution in [0.5, 0.6) is 0 Å². The van der Waals surface area contributed by atoms with Gasteiger partial charge < -0.3 is 94.4 Å². The number of carboxylic acids is 2. The molecule has 0 bridgehead atoms. The van der Waals surface area contributed by atoms with Gasteiger partial charge in [0, 0.05) is 37.2 Å². The normalized spacial score (nSPS) is 25.9. The second-order valence-electron chi connectivity index (χ2n) is 18.5. The number of fused-ring (bicyclic) bond motifs is 3. The van der Waals surface area contributed by atoms with Crippen molar-refractivity contribution >= 4 is 65.1 Å². The lowest BCUT2D eigenvalue weighted by Gasteiger charge is -2.44. The number of aliphatic hydroxyl groups excluding tert-OH is 4. The third-order valence-corrected chi connectivity index (χ3v) is 13.1. The van der Waals surface area contributed by atoms with Gasteiger partial charge in [-0.3, -0.25) is 58.5 Å². The summed E-state index contributed by atoms with van der Waals surface area (Å²) in [6.07, 6.45) is -5.18. The number of piperidine rings is 1. The summed E-state index contributed by atoms with van der Waals surface area (Å²) in [4.78, 5) is 146. The van der Waals surface area contributed by atoms with Gasteiger partial charge in [0.2, 0.25) is 47.3 Å². The summed E-state index contributed by atoms with van der Waals surface area (Å²) in [6.45, 7) is -0.832. The van der Waals surface area contributed by atoms with E-state index in [1.807, 2.05) is 0 Å². The van der Waals surface area contributed by atoms with Gasteiger partial charge in [0.25, 0.3) is 5.91 Å². The fourth-order valence-electron chi connectivity index (χ4n) is 9.24. The zero-order chi connectivity index (χ0) is 55.7. The van der Waals surface area contributed by atoms with E-state index in [1.54, 1.807) is 0 Å². The predicted molar refractivity (Wildman–Crippen MR) is 252 cm³/mol. The number of hydrogen-bond acceptors (Lipinski definition) is 21. The average Bonchev–Trinajstić information content (AvgIpc) is 3.41. The molecule has 32 heteroatoms. The lowest BCUT2D eigenvalue weighted by Crippen LogP contribution is -2.72. The topological polar surface area (TPSA) is 499 Å². The Balaban J connectivity index is 1.17. The molecular weight excluding hydrogens is 1010 g/mol. The van der Waals surface area contributed by atoms with Crippen LogP contribution in [-0.4, -0.2) is 215 Å². The Hall–Kier alpha value is -7.75. The van der Waals surface area contributed by atoms with Gasteiger partial charge >= 0.3 is 11.9 Å². The minimum Gasteiger partial charge on any atom is -0.509 e. The predicted octanol–water partition coefficient (Wildman–Crippen LogP) is -8.63. The van der Waals surface area contributed by atoms with Gasteiger partial charge in [-0.2, -0.15) is 0 Å². The summed E-state index contributed by atoms with van der Waals surface area (Å²) in [6, 6.07) is -11.1. The molecule has 20 N–H and O–H groups in total. The third kappa shape index (κ3) is 13.7. The molecule has 0 radical (unpaired) electrons. The molecule has 9 amide bonds. The summed E-state index contributed by atoms with van der Waals surface area (Å²) in [5.41, 5.74) is 11.4. The van der Waals surface area contributed by atoms with E-state index >= 15 is 0 Å². The van der Waals surface area contributed by atoms with Crippen LogP contribution in [0.2, 0.25) is 0 Å². The number of nitrogens with two attached hydrogens (primary N) is 2. The number of carbonyl (C=O) groups is 11. The van der Waals surface area contributed by atoms with Crippen LogP contribution in [0, 0.1) is 0 Å². The standard InChI is InChI=1S/C44H62N14O18/c45-9-1-3-19(51-38(68)23(15-31(64)65)53-39(69)24-8-11-48-36-22(49-29(62)6-5-28(46)61)13-18-14-26(59)27(60)16-25(18)58(24)36)37(67)55-32(34(66)44(74)75)35-47-10-7-21(50-35)41(71)56-17-30(63)54-33(43(56)73)40(70)52-20-4-2-12-57(76)42(20)72/h13-14,16,19-21,23-24,27,32-35,43,47-48,50,59-60,66,73,76H,1-12,15,17,45H2,(H2,46,61)(H,49,62)(H,51,68)(H,52,70)(H,53,69)(H,54,63)(H,55,67)(H,64,65)(H,74,75). The zero-order valence-corrected chi connectivity index (χ0v) is 40.6. The quantitative estimate of drug-likeness (QED) is 0.0475. The van der Waals surface area contributed by atoms with Gasteiger partial charge in [0.1, 0.15) is 48.4 Å². The Morgan fingerprint density at radius 2 is 1.62 bits per heavy atom. The number of aliphatic carboxylic acids is 2.